The summed E-state index contributed by atoms with van der Waals surface area (Å²) in [7, 11) is -3.97. The molecule has 3 saturated carbocycles. The van der Waals surface area contributed by atoms with E-state index in [1.807, 2.05) is 45.0 Å². The molecule has 3 aliphatic carbocycles. The summed E-state index contributed by atoms with van der Waals surface area (Å²) in [5, 5.41) is 10.1. The fourth-order valence-corrected chi connectivity index (χ4v) is 11.2. The first-order chi connectivity index (χ1) is 29.9. The largest absolute Gasteiger partial charge is 0.492 e. The second kappa shape index (κ2) is 17.4. The van der Waals surface area contributed by atoms with Crippen LogP contribution in [0.2, 0.25) is 0 Å². The number of hydrogen-bond donors (Lipinski definition) is 1. The molecule has 7 atom stereocenters. The van der Waals surface area contributed by atoms with Gasteiger partial charge < -0.3 is 24.0 Å². The summed E-state index contributed by atoms with van der Waals surface area (Å²) >= 11 is 0. The maximum atomic E-state index is 14.9. The molecule has 1 N–H and O–H groups in total. The van der Waals surface area contributed by atoms with Gasteiger partial charge in [-0.1, -0.05) is 51.8 Å². The predicted octanol–water partition coefficient (Wildman–Crippen LogP) is 6.06. The zero-order chi connectivity index (χ0) is 44.9. The van der Waals surface area contributed by atoms with Crippen LogP contribution in [-0.2, 0) is 40.4 Å². The van der Waals surface area contributed by atoms with Crippen molar-refractivity contribution in [2.75, 3.05) is 32.8 Å². The number of para-hydroxylation sites is 1. The highest BCUT2D eigenvalue weighted by Gasteiger charge is 2.62. The average molecular weight is 886 g/mol. The summed E-state index contributed by atoms with van der Waals surface area (Å²) in [5.41, 5.74) is -0.491. The van der Waals surface area contributed by atoms with Crippen LogP contribution >= 0.6 is 0 Å². The molecular weight excluding hydrogens is 823 g/mol. The number of allylic oxidation sites excluding steroid dienone is 1. The first-order valence-corrected chi connectivity index (χ1v) is 24.5. The zero-order valence-corrected chi connectivity index (χ0v) is 38.1. The van der Waals surface area contributed by atoms with Crippen molar-refractivity contribution in [3.63, 3.8) is 0 Å². The van der Waals surface area contributed by atoms with Crippen molar-refractivity contribution in [2.24, 2.45) is 34.5 Å². The Morgan fingerprint density at radius 3 is 2.56 bits per heavy atom. The van der Waals surface area contributed by atoms with Crippen LogP contribution in [0.4, 0.5) is 0 Å². The molecule has 5 fully saturated rings. The molecule has 6 aliphatic rings. The van der Waals surface area contributed by atoms with Gasteiger partial charge in [0.25, 0.3) is 0 Å². The fraction of sp³-hybridized carbons (Fsp3) is 0.667. The van der Waals surface area contributed by atoms with Crippen molar-refractivity contribution in [3.05, 3.63) is 42.5 Å². The molecule has 0 spiro atoms. The molecule has 3 aliphatic heterocycles. The van der Waals surface area contributed by atoms with Gasteiger partial charge in [0, 0.05) is 37.9 Å². The van der Waals surface area contributed by atoms with Gasteiger partial charge in [-0.05, 0) is 87.7 Å². The average Bonchev–Trinajstić information content (AvgIpc) is 4.18. The number of ketones is 1. The summed E-state index contributed by atoms with van der Waals surface area (Å²) in [5.74, 6) is -1.72. The Labute approximate surface area is 371 Å². The number of aromatic nitrogens is 1. The van der Waals surface area contributed by atoms with Crippen LogP contribution in [-0.4, -0.2) is 103 Å². The molecule has 2 bridgehead atoms. The molecule has 15 heteroatoms. The Morgan fingerprint density at radius 2 is 1.86 bits per heavy atom. The molecule has 8 rings (SSSR count). The van der Waals surface area contributed by atoms with Crippen molar-refractivity contribution in [1.82, 2.24) is 19.5 Å². The molecule has 1 aromatic heterocycles. The molecule has 2 saturated heterocycles. The highest BCUT2D eigenvalue weighted by Crippen LogP contribution is 2.57. The quantitative estimate of drug-likeness (QED) is 0.148. The second-order valence-corrected chi connectivity index (χ2v) is 22.7. The number of pyridine rings is 1. The van der Waals surface area contributed by atoms with E-state index in [0.29, 0.717) is 43.0 Å². The second-order valence-electron chi connectivity index (χ2n) is 20.5. The molecule has 63 heavy (non-hydrogen) atoms. The third-order valence-corrected chi connectivity index (χ3v) is 16.8. The van der Waals surface area contributed by atoms with E-state index in [4.69, 9.17) is 19.2 Å². The van der Waals surface area contributed by atoms with Crippen LogP contribution in [0.5, 0.6) is 11.6 Å². The SMILES string of the molecule is C=C[C@@H]1C[C@]1(CC(=O)[C@@H]1C[C@@H]2CN1C(=O)[C@H](C(C)(C)C)CC(=O)O[C@@H]1C[C@H]1CCCCCc1c(nc3ccccc3c1OCCCN1CC(C#N)C1)O2)C(=O)NS(=O)(=O)C1(C)CC1. The predicted molar refractivity (Wildman–Crippen MR) is 235 cm³/mol. The van der Waals surface area contributed by atoms with Crippen molar-refractivity contribution >= 4 is 44.5 Å². The number of nitrogens with one attached hydrogen (secondary N) is 1. The van der Waals surface area contributed by atoms with Crippen molar-refractivity contribution in [3.8, 4) is 17.7 Å². The maximum Gasteiger partial charge on any atom is 0.306 e. The lowest BCUT2D eigenvalue weighted by Crippen LogP contribution is -2.49. The number of carbonyl (C=O) groups excluding carboxylic acids is 4. The monoisotopic (exact) mass is 885 g/mol. The van der Waals surface area contributed by atoms with E-state index in [-0.39, 0.29) is 61.9 Å². The van der Waals surface area contributed by atoms with E-state index in [1.54, 1.807) is 13.0 Å². The standard InChI is InChI=1S/C48H63N5O9S/c1-6-32-24-48(32,45(57)51-63(58,59)47(5)17-18-47)25-39(54)38-22-33-29-53(38)44(56)36(46(2,3)4)23-41(55)62-40-21-31(40)13-8-7-9-15-35-42(60-20-12-19-52-27-30(26-49)28-52)34-14-10-11-16-37(34)50-43(35)61-33/h6,10-11,14,16,30-33,36,38,40H,1,7-9,12-13,15,17-25,27-29H2,2-5H3,(H,51,57)/t31-,32-,33-,36-,38+,40-,48-/m1/s1. The summed E-state index contributed by atoms with van der Waals surface area (Å²) in [4.78, 5) is 65.9. The van der Waals surface area contributed by atoms with E-state index >= 15 is 0 Å². The molecule has 0 unspecified atom stereocenters. The number of nitrogens with zero attached hydrogens (tertiary/aromatic N) is 4. The highest BCUT2D eigenvalue weighted by atomic mass is 32.2. The summed E-state index contributed by atoms with van der Waals surface area (Å²) in [6.45, 7) is 14.0. The maximum absolute atomic E-state index is 14.9. The number of amides is 2. The van der Waals surface area contributed by atoms with E-state index in [0.717, 1.165) is 69.1 Å². The van der Waals surface area contributed by atoms with Gasteiger partial charge in [-0.3, -0.25) is 23.9 Å². The normalized spacial score (nSPS) is 29.9. The minimum absolute atomic E-state index is 0.0298. The third-order valence-electron chi connectivity index (χ3n) is 14.7. The zero-order valence-electron chi connectivity index (χ0n) is 37.2. The Morgan fingerprint density at radius 1 is 1.10 bits per heavy atom. The van der Waals surface area contributed by atoms with Crippen LogP contribution in [0.15, 0.2) is 36.9 Å². The number of nitriles is 1. The Kier molecular flexibility index (Phi) is 12.5. The topological polar surface area (TPSA) is 185 Å². The Balaban J connectivity index is 1.11. The molecule has 1 aromatic carbocycles. The summed E-state index contributed by atoms with van der Waals surface area (Å²) in [6.07, 6.45) is 7.40. The van der Waals surface area contributed by atoms with E-state index < -0.39 is 61.5 Å². The number of fused-ring (bicyclic) bond motifs is 5. The van der Waals surface area contributed by atoms with E-state index in [9.17, 15) is 32.9 Å². The van der Waals surface area contributed by atoms with Crippen LogP contribution in [0, 0.1) is 45.8 Å². The lowest BCUT2D eigenvalue weighted by molar-refractivity contribution is -0.154. The highest BCUT2D eigenvalue weighted by molar-refractivity contribution is 7.91. The van der Waals surface area contributed by atoms with E-state index in [1.165, 1.54) is 4.90 Å². The first kappa shape index (κ1) is 45.0. The summed E-state index contributed by atoms with van der Waals surface area (Å²) in [6, 6.07) is 9.09. The molecule has 4 heterocycles. The van der Waals surface area contributed by atoms with Gasteiger partial charge >= 0.3 is 5.97 Å². The van der Waals surface area contributed by atoms with Gasteiger partial charge in [-0.15, -0.1) is 6.58 Å². The lowest BCUT2D eigenvalue weighted by Gasteiger charge is -2.35. The van der Waals surface area contributed by atoms with Gasteiger partial charge in [0.05, 0.1) is 64.8 Å². The molecule has 0 radical (unpaired) electrons. The van der Waals surface area contributed by atoms with Crippen molar-refractivity contribution in [2.45, 2.75) is 134 Å². The number of hydrogen-bond acceptors (Lipinski definition) is 12. The van der Waals surface area contributed by atoms with Crippen LogP contribution in [0.3, 0.4) is 0 Å². The molecule has 2 aromatic rings. The lowest BCUT2D eigenvalue weighted by atomic mass is 9.77. The van der Waals surface area contributed by atoms with E-state index in [2.05, 4.69) is 22.3 Å². The molecular formula is C48H63N5O9S. The minimum atomic E-state index is -3.97. The van der Waals surface area contributed by atoms with Gasteiger partial charge in [0.15, 0.2) is 5.78 Å². The van der Waals surface area contributed by atoms with Crippen molar-refractivity contribution in [1.29, 1.82) is 5.26 Å². The number of likely N-dealkylation sites (tertiary alicyclic amines) is 1. The third kappa shape index (κ3) is 9.49. The molecule has 340 valence electrons. The Bertz CT molecular complexity index is 2290. The number of benzene rings is 1. The number of sulfonamides is 1. The number of carbonyl (C=O) groups is 4. The van der Waals surface area contributed by atoms with Crippen LogP contribution in [0.1, 0.15) is 110 Å². The number of ether oxygens (including phenoxy) is 3. The smallest absolute Gasteiger partial charge is 0.306 e. The fourth-order valence-electron chi connectivity index (χ4n) is 9.88. The van der Waals surface area contributed by atoms with Crippen LogP contribution < -0.4 is 14.2 Å². The molecule has 2 amide bonds. The number of esters is 1. The van der Waals surface area contributed by atoms with Crippen molar-refractivity contribution < 1.29 is 41.8 Å². The van der Waals surface area contributed by atoms with Gasteiger partial charge in [0.2, 0.25) is 27.7 Å². The van der Waals surface area contributed by atoms with Gasteiger partial charge in [0.1, 0.15) is 18.0 Å². The molecule has 14 nitrogen and oxygen atoms in total. The number of rotatable bonds is 12. The Hall–Kier alpha value is -4.55. The number of Topliss-reactive ketones (excluding diaryl/α,β-unsaturated/α-hetero) is 1. The van der Waals surface area contributed by atoms with Crippen LogP contribution in [0.25, 0.3) is 10.9 Å². The van der Waals surface area contributed by atoms with Gasteiger partial charge in [-0.25, -0.2) is 13.4 Å². The summed E-state index contributed by atoms with van der Waals surface area (Å²) < 4.78 is 47.2. The minimum Gasteiger partial charge on any atom is -0.492 e. The van der Waals surface area contributed by atoms with Gasteiger partial charge in [-0.2, -0.15) is 5.26 Å². The first-order valence-electron chi connectivity index (χ1n) is 23.0.